The zero-order valence-electron chi connectivity index (χ0n) is 15.3. The molecule has 1 aromatic carbocycles. The number of nitrogens with zero attached hydrogens (tertiary/aromatic N) is 4. The molecule has 0 aliphatic rings. The van der Waals surface area contributed by atoms with Crippen molar-refractivity contribution in [2.45, 2.75) is 6.92 Å². The number of aryl methyl sites for hydroxylation is 1. The Morgan fingerprint density at radius 1 is 1.07 bits per heavy atom. The number of rotatable bonds is 5. The predicted octanol–water partition coefficient (Wildman–Crippen LogP) is 3.86. The van der Waals surface area contributed by atoms with Crippen LogP contribution in [0.15, 0.2) is 55.1 Å². The number of hydrogen-bond donors (Lipinski definition) is 1. The third-order valence-corrected chi connectivity index (χ3v) is 4.28. The average molecular weight is 361 g/mol. The van der Waals surface area contributed by atoms with Crippen LogP contribution < -0.4 is 14.8 Å². The molecule has 136 valence electrons. The van der Waals surface area contributed by atoms with Crippen LogP contribution in [-0.4, -0.2) is 33.8 Å². The van der Waals surface area contributed by atoms with Crippen molar-refractivity contribution in [2.24, 2.45) is 0 Å². The number of ether oxygens (including phenoxy) is 2. The Labute approximate surface area is 156 Å². The summed E-state index contributed by atoms with van der Waals surface area (Å²) < 4.78 is 12.6. The second-order valence-electron chi connectivity index (χ2n) is 6.03. The van der Waals surface area contributed by atoms with Gasteiger partial charge in [0, 0.05) is 41.5 Å². The second-order valence-corrected chi connectivity index (χ2v) is 6.03. The molecule has 0 atom stereocenters. The van der Waals surface area contributed by atoms with E-state index in [-0.39, 0.29) is 0 Å². The van der Waals surface area contributed by atoms with Crippen LogP contribution in [0.1, 0.15) is 5.56 Å². The van der Waals surface area contributed by atoms with Crippen LogP contribution in [0.5, 0.6) is 11.5 Å². The topological polar surface area (TPSA) is 73.6 Å². The van der Waals surface area contributed by atoms with E-state index in [1.807, 2.05) is 43.5 Å². The van der Waals surface area contributed by atoms with Crippen LogP contribution in [0.4, 0.5) is 11.5 Å². The first kappa shape index (κ1) is 16.8. The Hall–Kier alpha value is -3.61. The van der Waals surface area contributed by atoms with Crippen LogP contribution in [0, 0.1) is 6.92 Å². The van der Waals surface area contributed by atoms with Gasteiger partial charge in [0.1, 0.15) is 5.82 Å². The molecule has 1 N–H and O–H groups in total. The molecule has 3 aromatic heterocycles. The number of fused-ring (bicyclic) bond motifs is 1. The Bertz CT molecular complexity index is 1090. The molecule has 0 amide bonds. The molecule has 0 saturated heterocycles. The normalized spacial score (nSPS) is 10.8. The van der Waals surface area contributed by atoms with E-state index < -0.39 is 0 Å². The molecule has 7 nitrogen and oxygen atoms in total. The Kier molecular flexibility index (Phi) is 4.33. The van der Waals surface area contributed by atoms with E-state index in [1.165, 1.54) is 0 Å². The fourth-order valence-corrected chi connectivity index (χ4v) is 3.04. The van der Waals surface area contributed by atoms with E-state index in [2.05, 4.69) is 15.4 Å². The maximum Gasteiger partial charge on any atom is 0.165 e. The summed E-state index contributed by atoms with van der Waals surface area (Å²) in [6.45, 7) is 1.97. The van der Waals surface area contributed by atoms with Crippen LogP contribution in [0.3, 0.4) is 0 Å². The fraction of sp³-hybridized carbons (Fsp3) is 0.150. The van der Waals surface area contributed by atoms with Crippen molar-refractivity contribution in [3.05, 3.63) is 60.7 Å². The van der Waals surface area contributed by atoms with Gasteiger partial charge in [-0.05, 0) is 30.7 Å². The zero-order chi connectivity index (χ0) is 18.8. The highest BCUT2D eigenvalue weighted by Gasteiger charge is 2.12. The van der Waals surface area contributed by atoms with Gasteiger partial charge in [-0.1, -0.05) is 6.07 Å². The second kappa shape index (κ2) is 6.95. The molecule has 3 heterocycles. The Morgan fingerprint density at radius 2 is 1.96 bits per heavy atom. The van der Waals surface area contributed by atoms with Crippen molar-refractivity contribution in [3.8, 4) is 22.6 Å². The van der Waals surface area contributed by atoms with Gasteiger partial charge in [0.2, 0.25) is 0 Å². The number of hydrogen-bond acceptors (Lipinski definition) is 6. The first-order chi connectivity index (χ1) is 13.2. The highest BCUT2D eigenvalue weighted by atomic mass is 16.5. The fourth-order valence-electron chi connectivity index (χ4n) is 3.04. The molecule has 0 bridgehead atoms. The summed E-state index contributed by atoms with van der Waals surface area (Å²) in [6, 6.07) is 9.64. The van der Waals surface area contributed by atoms with Gasteiger partial charge in [-0.2, -0.15) is 5.10 Å². The molecule has 4 rings (SSSR count). The Balaban J connectivity index is 1.72. The molecule has 0 radical (unpaired) electrons. The van der Waals surface area contributed by atoms with Crippen molar-refractivity contribution in [1.82, 2.24) is 19.6 Å². The maximum atomic E-state index is 5.42. The van der Waals surface area contributed by atoms with Gasteiger partial charge in [-0.15, -0.1) is 0 Å². The zero-order valence-corrected chi connectivity index (χ0v) is 15.3. The average Bonchev–Trinajstić information content (AvgIpc) is 3.11. The highest BCUT2D eigenvalue weighted by molar-refractivity contribution is 5.77. The van der Waals surface area contributed by atoms with E-state index in [9.17, 15) is 0 Å². The molecular formula is C20H19N5O2. The van der Waals surface area contributed by atoms with Gasteiger partial charge in [0.05, 0.1) is 20.4 Å². The minimum absolute atomic E-state index is 0.668. The molecule has 0 unspecified atom stereocenters. The van der Waals surface area contributed by atoms with Crippen molar-refractivity contribution < 1.29 is 9.47 Å². The van der Waals surface area contributed by atoms with E-state index in [4.69, 9.17) is 14.5 Å². The summed E-state index contributed by atoms with van der Waals surface area (Å²) in [5.41, 5.74) is 4.49. The minimum Gasteiger partial charge on any atom is -0.493 e. The smallest absolute Gasteiger partial charge is 0.165 e. The maximum absolute atomic E-state index is 5.42. The number of aromatic nitrogens is 4. The van der Waals surface area contributed by atoms with Gasteiger partial charge in [-0.3, -0.25) is 4.98 Å². The molecule has 0 spiro atoms. The summed E-state index contributed by atoms with van der Waals surface area (Å²) in [5, 5.41) is 7.70. The van der Waals surface area contributed by atoms with E-state index in [0.717, 1.165) is 33.8 Å². The monoisotopic (exact) mass is 361 g/mol. The van der Waals surface area contributed by atoms with E-state index in [1.54, 1.807) is 37.3 Å². The molecule has 0 aliphatic carbocycles. The lowest BCUT2D eigenvalue weighted by molar-refractivity contribution is 0.353. The quantitative estimate of drug-likeness (QED) is 0.582. The molecule has 0 aliphatic heterocycles. The first-order valence-electron chi connectivity index (χ1n) is 8.44. The van der Waals surface area contributed by atoms with Crippen LogP contribution in [-0.2, 0) is 0 Å². The lowest BCUT2D eigenvalue weighted by atomic mass is 10.1. The predicted molar refractivity (Wildman–Crippen MR) is 104 cm³/mol. The summed E-state index contributed by atoms with van der Waals surface area (Å²) in [6.07, 6.45) is 7.22. The van der Waals surface area contributed by atoms with E-state index >= 15 is 0 Å². The van der Waals surface area contributed by atoms with Crippen LogP contribution in [0.2, 0.25) is 0 Å². The minimum atomic E-state index is 0.668. The highest BCUT2D eigenvalue weighted by Crippen LogP contribution is 2.35. The van der Waals surface area contributed by atoms with Gasteiger partial charge in [-0.25, -0.2) is 9.50 Å². The lowest BCUT2D eigenvalue weighted by Crippen LogP contribution is -1.99. The number of pyridine rings is 1. The molecule has 4 aromatic rings. The van der Waals surface area contributed by atoms with Crippen LogP contribution in [0.25, 0.3) is 16.8 Å². The lowest BCUT2D eigenvalue weighted by Gasteiger charge is -2.14. The Morgan fingerprint density at radius 3 is 2.70 bits per heavy atom. The summed E-state index contributed by atoms with van der Waals surface area (Å²) in [5.74, 6) is 2.10. The standard InChI is InChI=1S/C20H19N5O2/c1-13-9-15(10-17(26-2)19(13)27-3)23-18-6-8-25-20(24-18)16(12-22-25)14-5-4-7-21-11-14/h4-12H,1-3H3,(H,23,24). The van der Waals surface area contributed by atoms with Crippen molar-refractivity contribution >= 4 is 17.2 Å². The molecule has 27 heavy (non-hydrogen) atoms. The van der Waals surface area contributed by atoms with Crippen molar-refractivity contribution in [1.29, 1.82) is 0 Å². The van der Waals surface area contributed by atoms with Gasteiger partial charge >= 0.3 is 0 Å². The van der Waals surface area contributed by atoms with Crippen LogP contribution >= 0.6 is 0 Å². The summed E-state index contributed by atoms with van der Waals surface area (Å²) in [4.78, 5) is 8.90. The molecule has 7 heteroatoms. The molecular weight excluding hydrogens is 342 g/mol. The van der Waals surface area contributed by atoms with Crippen molar-refractivity contribution in [3.63, 3.8) is 0 Å². The largest absolute Gasteiger partial charge is 0.493 e. The van der Waals surface area contributed by atoms with Gasteiger partial charge in [0.25, 0.3) is 0 Å². The first-order valence-corrected chi connectivity index (χ1v) is 8.44. The molecule has 0 saturated carbocycles. The van der Waals surface area contributed by atoms with Gasteiger partial charge in [0.15, 0.2) is 17.1 Å². The number of nitrogens with one attached hydrogen (secondary N) is 1. The number of benzene rings is 1. The SMILES string of the molecule is COc1cc(Nc2ccn3ncc(-c4cccnc4)c3n2)cc(C)c1OC. The van der Waals surface area contributed by atoms with Crippen molar-refractivity contribution in [2.75, 3.05) is 19.5 Å². The van der Waals surface area contributed by atoms with Gasteiger partial charge < -0.3 is 14.8 Å². The number of anilines is 2. The van der Waals surface area contributed by atoms with E-state index in [0.29, 0.717) is 11.6 Å². The third kappa shape index (κ3) is 3.15. The third-order valence-electron chi connectivity index (χ3n) is 4.28. The summed E-state index contributed by atoms with van der Waals surface area (Å²) in [7, 11) is 3.25. The summed E-state index contributed by atoms with van der Waals surface area (Å²) >= 11 is 0. The molecule has 0 fully saturated rings. The number of methoxy groups -OCH3 is 2.